The first kappa shape index (κ1) is 16.8. The largest absolute Gasteiger partial charge is 0.355 e. The van der Waals surface area contributed by atoms with Crippen LogP contribution in [-0.2, 0) is 4.79 Å². The molecule has 1 aromatic heterocycles. The molecule has 26 heavy (non-hydrogen) atoms. The first-order chi connectivity index (χ1) is 12.6. The van der Waals surface area contributed by atoms with Crippen LogP contribution in [0.3, 0.4) is 0 Å². The van der Waals surface area contributed by atoms with Gasteiger partial charge in [-0.3, -0.25) is 9.59 Å². The lowest BCUT2D eigenvalue weighted by atomic mass is 9.96. The van der Waals surface area contributed by atoms with Gasteiger partial charge < -0.3 is 14.7 Å². The average Bonchev–Trinajstić information content (AvgIpc) is 3.34. The molecule has 1 saturated carbocycles. The maximum atomic E-state index is 13.0. The Kier molecular flexibility index (Phi) is 4.44. The van der Waals surface area contributed by atoms with Gasteiger partial charge >= 0.3 is 0 Å². The minimum atomic E-state index is -0.339. The van der Waals surface area contributed by atoms with Gasteiger partial charge in [-0.25, -0.2) is 4.39 Å². The van der Waals surface area contributed by atoms with Crippen molar-refractivity contribution in [3.05, 3.63) is 41.8 Å². The molecule has 2 aromatic rings. The molecule has 2 fully saturated rings. The number of halogens is 1. The number of carbonyl (C=O) groups is 2. The molecule has 0 spiro atoms. The lowest BCUT2D eigenvalue weighted by Gasteiger charge is -2.31. The average molecular weight is 357 g/mol. The second-order valence-corrected chi connectivity index (χ2v) is 6.96. The quantitative estimate of drug-likeness (QED) is 0.913. The number of nitrogens with one attached hydrogen (secondary N) is 1. The molecular weight excluding hydrogens is 337 g/mol. The first-order valence-electron chi connectivity index (χ1n) is 8.92. The fraction of sp³-hybridized carbons (Fsp3) is 0.421. The molecule has 0 bridgehead atoms. The van der Waals surface area contributed by atoms with E-state index in [4.69, 9.17) is 4.52 Å². The summed E-state index contributed by atoms with van der Waals surface area (Å²) in [6.45, 7) is 1.00. The van der Waals surface area contributed by atoms with Crippen LogP contribution in [0.15, 0.2) is 34.9 Å². The Morgan fingerprint density at radius 1 is 1.19 bits per heavy atom. The number of nitrogens with zero attached hydrogens (tertiary/aromatic N) is 2. The van der Waals surface area contributed by atoms with Gasteiger partial charge in [0, 0.05) is 30.8 Å². The summed E-state index contributed by atoms with van der Waals surface area (Å²) < 4.78 is 18.3. The molecule has 7 heteroatoms. The number of benzene rings is 1. The Balaban J connectivity index is 1.43. The summed E-state index contributed by atoms with van der Waals surface area (Å²) in [5, 5.41) is 6.87. The van der Waals surface area contributed by atoms with E-state index in [9.17, 15) is 14.0 Å². The SMILES string of the molecule is O=C(NC1CC1)C1CCCN(C(=O)c2cc(-c3ccc(F)cc3)on2)C1. The summed E-state index contributed by atoms with van der Waals surface area (Å²) in [7, 11) is 0. The van der Waals surface area contributed by atoms with E-state index in [1.54, 1.807) is 23.1 Å². The zero-order valence-corrected chi connectivity index (χ0v) is 14.3. The predicted octanol–water partition coefficient (Wildman–Crippen LogP) is 2.61. The summed E-state index contributed by atoms with van der Waals surface area (Å²) in [6, 6.07) is 7.68. The van der Waals surface area contributed by atoms with Crippen molar-refractivity contribution in [2.75, 3.05) is 13.1 Å². The molecule has 1 saturated heterocycles. The third-order valence-corrected chi connectivity index (χ3v) is 4.86. The van der Waals surface area contributed by atoms with Crippen LogP contribution in [0.2, 0.25) is 0 Å². The second kappa shape index (κ2) is 6.90. The number of piperidine rings is 1. The zero-order valence-electron chi connectivity index (χ0n) is 14.3. The van der Waals surface area contributed by atoms with Crippen molar-refractivity contribution in [3.8, 4) is 11.3 Å². The molecule has 2 amide bonds. The predicted molar refractivity (Wildman–Crippen MR) is 91.7 cm³/mol. The highest BCUT2D eigenvalue weighted by Crippen LogP contribution is 2.25. The highest BCUT2D eigenvalue weighted by atomic mass is 19.1. The molecule has 2 aliphatic rings. The molecule has 1 N–H and O–H groups in total. The Morgan fingerprint density at radius 3 is 2.69 bits per heavy atom. The Labute approximate surface area is 150 Å². The number of amides is 2. The van der Waals surface area contributed by atoms with Crippen LogP contribution in [0.25, 0.3) is 11.3 Å². The molecule has 2 heterocycles. The van der Waals surface area contributed by atoms with Gasteiger partial charge in [0.05, 0.1) is 5.92 Å². The lowest BCUT2D eigenvalue weighted by molar-refractivity contribution is -0.126. The molecule has 1 unspecified atom stereocenters. The van der Waals surface area contributed by atoms with Gasteiger partial charge in [-0.2, -0.15) is 0 Å². The fourth-order valence-electron chi connectivity index (χ4n) is 3.21. The number of likely N-dealkylation sites (tertiary alicyclic amines) is 1. The second-order valence-electron chi connectivity index (χ2n) is 6.96. The Morgan fingerprint density at radius 2 is 1.96 bits per heavy atom. The molecule has 4 rings (SSSR count). The summed E-state index contributed by atoms with van der Waals surface area (Å²) in [5.41, 5.74) is 0.853. The van der Waals surface area contributed by atoms with E-state index in [-0.39, 0.29) is 29.2 Å². The van der Waals surface area contributed by atoms with E-state index >= 15 is 0 Å². The van der Waals surface area contributed by atoms with Crippen molar-refractivity contribution in [3.63, 3.8) is 0 Å². The molecule has 136 valence electrons. The van der Waals surface area contributed by atoms with Gasteiger partial charge in [-0.05, 0) is 49.9 Å². The monoisotopic (exact) mass is 357 g/mol. The third kappa shape index (κ3) is 3.61. The van der Waals surface area contributed by atoms with Crippen molar-refractivity contribution < 1.29 is 18.5 Å². The van der Waals surface area contributed by atoms with Crippen molar-refractivity contribution in [1.29, 1.82) is 0 Å². The van der Waals surface area contributed by atoms with E-state index < -0.39 is 0 Å². The number of hydrogen-bond donors (Lipinski definition) is 1. The van der Waals surface area contributed by atoms with E-state index in [1.807, 2.05) is 0 Å². The molecule has 6 nitrogen and oxygen atoms in total. The third-order valence-electron chi connectivity index (χ3n) is 4.86. The summed E-state index contributed by atoms with van der Waals surface area (Å²) >= 11 is 0. The van der Waals surface area contributed by atoms with Crippen molar-refractivity contribution >= 4 is 11.8 Å². The Bertz CT molecular complexity index is 814. The number of aromatic nitrogens is 1. The molecule has 1 atom stereocenters. The highest BCUT2D eigenvalue weighted by molar-refractivity contribution is 5.93. The maximum absolute atomic E-state index is 13.0. The smallest absolute Gasteiger partial charge is 0.276 e. The summed E-state index contributed by atoms with van der Waals surface area (Å²) in [6.07, 6.45) is 3.68. The van der Waals surface area contributed by atoms with Crippen molar-refractivity contribution in [2.45, 2.75) is 31.7 Å². The van der Waals surface area contributed by atoms with Crippen molar-refractivity contribution in [2.24, 2.45) is 5.92 Å². The Hall–Kier alpha value is -2.70. The molecular formula is C19H20FN3O3. The molecule has 0 radical (unpaired) electrons. The van der Waals surface area contributed by atoms with Gasteiger partial charge in [0.1, 0.15) is 5.82 Å². The fourth-order valence-corrected chi connectivity index (χ4v) is 3.21. The zero-order chi connectivity index (χ0) is 18.1. The van der Waals surface area contributed by atoms with E-state index in [0.29, 0.717) is 30.5 Å². The lowest BCUT2D eigenvalue weighted by Crippen LogP contribution is -2.46. The number of hydrogen-bond acceptors (Lipinski definition) is 4. The maximum Gasteiger partial charge on any atom is 0.276 e. The van der Waals surface area contributed by atoms with E-state index in [0.717, 1.165) is 25.7 Å². The molecule has 1 aromatic carbocycles. The molecule has 1 aliphatic heterocycles. The van der Waals surface area contributed by atoms with Crippen LogP contribution >= 0.6 is 0 Å². The normalized spacial score (nSPS) is 20.0. The number of carbonyl (C=O) groups excluding carboxylic acids is 2. The summed E-state index contributed by atoms with van der Waals surface area (Å²) in [5.74, 6) is -0.304. The topological polar surface area (TPSA) is 75.4 Å². The highest BCUT2D eigenvalue weighted by Gasteiger charge is 2.33. The van der Waals surface area contributed by atoms with Gasteiger partial charge in [0.15, 0.2) is 11.5 Å². The van der Waals surface area contributed by atoms with Crippen LogP contribution in [0.4, 0.5) is 4.39 Å². The standard InChI is InChI=1S/C19H20FN3O3/c20-14-5-3-12(4-6-14)17-10-16(22-26-17)19(25)23-9-1-2-13(11-23)18(24)21-15-7-8-15/h3-6,10,13,15H,1-2,7-9,11H2,(H,21,24). The van der Waals surface area contributed by atoms with Crippen LogP contribution in [-0.4, -0.2) is 41.0 Å². The van der Waals surface area contributed by atoms with Crippen molar-refractivity contribution in [1.82, 2.24) is 15.4 Å². The first-order valence-corrected chi connectivity index (χ1v) is 8.92. The number of rotatable bonds is 4. The summed E-state index contributed by atoms with van der Waals surface area (Å²) in [4.78, 5) is 26.6. The van der Waals surface area contributed by atoms with Crippen LogP contribution < -0.4 is 5.32 Å². The minimum Gasteiger partial charge on any atom is -0.355 e. The molecule has 1 aliphatic carbocycles. The van der Waals surface area contributed by atoms with Gasteiger partial charge in [-0.15, -0.1) is 0 Å². The minimum absolute atomic E-state index is 0.0390. The van der Waals surface area contributed by atoms with Crippen LogP contribution in [0.1, 0.15) is 36.2 Å². The van der Waals surface area contributed by atoms with E-state index in [2.05, 4.69) is 10.5 Å². The van der Waals surface area contributed by atoms with Gasteiger partial charge in [0.25, 0.3) is 5.91 Å². The van der Waals surface area contributed by atoms with Crippen LogP contribution in [0.5, 0.6) is 0 Å². The van der Waals surface area contributed by atoms with E-state index in [1.165, 1.54) is 12.1 Å². The van der Waals surface area contributed by atoms with Gasteiger partial charge in [0.2, 0.25) is 5.91 Å². The van der Waals surface area contributed by atoms with Gasteiger partial charge in [-0.1, -0.05) is 5.16 Å². The van der Waals surface area contributed by atoms with Crippen LogP contribution in [0, 0.1) is 11.7 Å².